The number of nitrogens with zero attached hydrogens (tertiary/aromatic N) is 4. The Bertz CT molecular complexity index is 2140. The maximum atomic E-state index is 6.41. The molecule has 0 N–H and O–H groups in total. The smallest absolute Gasteiger partial charge is 0.509 e. The van der Waals surface area contributed by atoms with E-state index in [0.29, 0.717) is 17.4 Å². The summed E-state index contributed by atoms with van der Waals surface area (Å²) in [6, 6.07) is 38.3. The van der Waals surface area contributed by atoms with Crippen molar-refractivity contribution in [2.24, 2.45) is 0 Å². The van der Waals surface area contributed by atoms with E-state index < -0.39 is 0 Å². The molecule has 0 aliphatic rings. The summed E-state index contributed by atoms with van der Waals surface area (Å²) in [6.45, 7) is 10.7. The fourth-order valence-electron chi connectivity index (χ4n) is 6.06. The minimum absolute atomic E-state index is 0. The second-order valence-corrected chi connectivity index (χ2v) is 11.5. The first-order valence-electron chi connectivity index (χ1n) is 15.2. The Kier molecular flexibility index (Phi) is 8.48. The van der Waals surface area contributed by atoms with Crippen molar-refractivity contribution in [3.8, 4) is 34.1 Å². The molecule has 45 heavy (non-hydrogen) atoms. The first kappa shape index (κ1) is 30.6. The van der Waals surface area contributed by atoms with Gasteiger partial charge in [-0.2, -0.15) is 17.2 Å². The average Bonchev–Trinajstić information content (AvgIpc) is 3.53. The summed E-state index contributed by atoms with van der Waals surface area (Å²) >= 11 is 0. The molecule has 3 heterocycles. The SMILES string of the molecule is CCC(C)c1ccc2c(c1)c1ccc(Oc3[c-]c(-n4nc(C)c(-c5ccccc5)c4C)ccc3)[c-]c1n2-c1cc(C)ccn1.[Pt+2]. The number of fused-ring (bicyclic) bond motifs is 3. The number of hydrogen-bond donors (Lipinski definition) is 0. The Hall–Kier alpha value is -4.47. The summed E-state index contributed by atoms with van der Waals surface area (Å²) in [4.78, 5) is 4.74. The Balaban J connectivity index is 0.00000357. The molecule has 5 nitrogen and oxygen atoms in total. The molecule has 0 spiro atoms. The predicted octanol–water partition coefficient (Wildman–Crippen LogP) is 9.86. The topological polar surface area (TPSA) is 44.9 Å². The van der Waals surface area contributed by atoms with Gasteiger partial charge in [-0.05, 0) is 79.1 Å². The van der Waals surface area contributed by atoms with Crippen LogP contribution in [0.4, 0.5) is 0 Å². The molecule has 7 aromatic rings. The predicted molar refractivity (Wildman–Crippen MR) is 178 cm³/mol. The summed E-state index contributed by atoms with van der Waals surface area (Å²) in [7, 11) is 0. The largest absolute Gasteiger partial charge is 2.00 e. The van der Waals surface area contributed by atoms with Gasteiger partial charge in [0.2, 0.25) is 0 Å². The Labute approximate surface area is 278 Å². The van der Waals surface area contributed by atoms with Gasteiger partial charge in [0.1, 0.15) is 5.82 Å². The van der Waals surface area contributed by atoms with Gasteiger partial charge < -0.3 is 9.30 Å². The van der Waals surface area contributed by atoms with Crippen LogP contribution in [-0.2, 0) is 21.1 Å². The molecule has 0 fully saturated rings. The van der Waals surface area contributed by atoms with Gasteiger partial charge in [0.05, 0.1) is 5.69 Å². The van der Waals surface area contributed by atoms with Gasteiger partial charge in [-0.25, -0.2) is 4.98 Å². The first-order valence-corrected chi connectivity index (χ1v) is 15.2. The van der Waals surface area contributed by atoms with Crippen molar-refractivity contribution in [1.29, 1.82) is 0 Å². The molecule has 0 radical (unpaired) electrons. The second kappa shape index (κ2) is 12.5. The maximum absolute atomic E-state index is 6.41. The van der Waals surface area contributed by atoms with Gasteiger partial charge >= 0.3 is 21.1 Å². The van der Waals surface area contributed by atoms with Crippen LogP contribution in [0.1, 0.15) is 48.7 Å². The van der Waals surface area contributed by atoms with Gasteiger partial charge in [-0.3, -0.25) is 4.68 Å². The second-order valence-electron chi connectivity index (χ2n) is 11.5. The van der Waals surface area contributed by atoms with Crippen molar-refractivity contribution >= 4 is 21.8 Å². The molecule has 3 aromatic heterocycles. The quantitative estimate of drug-likeness (QED) is 0.152. The van der Waals surface area contributed by atoms with E-state index in [0.717, 1.165) is 62.4 Å². The van der Waals surface area contributed by atoms with Crippen LogP contribution in [0, 0.1) is 32.9 Å². The third-order valence-corrected chi connectivity index (χ3v) is 8.54. The fourth-order valence-corrected chi connectivity index (χ4v) is 6.06. The molecular formula is C39H34N4OPt. The Morgan fingerprint density at radius 3 is 2.40 bits per heavy atom. The molecule has 0 saturated heterocycles. The summed E-state index contributed by atoms with van der Waals surface area (Å²) in [5.74, 6) is 2.56. The zero-order valence-corrected chi connectivity index (χ0v) is 28.3. The van der Waals surface area contributed by atoms with Gasteiger partial charge in [-0.15, -0.1) is 35.7 Å². The molecule has 0 aliphatic carbocycles. The molecule has 1 atom stereocenters. The third kappa shape index (κ3) is 5.62. The van der Waals surface area contributed by atoms with Gasteiger partial charge in [0.25, 0.3) is 0 Å². The van der Waals surface area contributed by atoms with Crippen LogP contribution in [0.3, 0.4) is 0 Å². The van der Waals surface area contributed by atoms with Crippen LogP contribution in [0.5, 0.6) is 11.5 Å². The van der Waals surface area contributed by atoms with E-state index in [-0.39, 0.29) is 21.1 Å². The van der Waals surface area contributed by atoms with Gasteiger partial charge in [0, 0.05) is 34.5 Å². The molecular weight excluding hydrogens is 736 g/mol. The fraction of sp³-hybridized carbons (Fsp3) is 0.179. The molecule has 1 unspecified atom stereocenters. The molecule has 7 rings (SSSR count). The molecule has 0 amide bonds. The Morgan fingerprint density at radius 1 is 0.822 bits per heavy atom. The van der Waals surface area contributed by atoms with Crippen molar-refractivity contribution < 1.29 is 25.8 Å². The van der Waals surface area contributed by atoms with Crippen molar-refractivity contribution in [1.82, 2.24) is 19.3 Å². The van der Waals surface area contributed by atoms with E-state index in [2.05, 4.69) is 99.0 Å². The summed E-state index contributed by atoms with van der Waals surface area (Å²) in [6.07, 6.45) is 2.95. The third-order valence-electron chi connectivity index (χ3n) is 8.54. The molecule has 0 bridgehead atoms. The standard InChI is InChI=1S/C39H34N4O.Pt/c1-6-26(3)30-15-18-36-35(22-30)34-17-16-33(24-37(34)42(36)38-21-25(2)19-20-40-38)44-32-14-10-13-31(23-32)43-28(5)39(27(4)41-43)29-11-8-7-9-12-29;/h7-22,26H,6H2,1-5H3;/q-2;+2. The Morgan fingerprint density at radius 2 is 1.62 bits per heavy atom. The number of benzene rings is 4. The van der Waals surface area contributed by atoms with Crippen molar-refractivity contribution in [2.45, 2.75) is 47.0 Å². The van der Waals surface area contributed by atoms with Crippen LogP contribution in [-0.4, -0.2) is 19.3 Å². The van der Waals surface area contributed by atoms with Crippen molar-refractivity contribution in [2.75, 3.05) is 0 Å². The zero-order chi connectivity index (χ0) is 30.4. The monoisotopic (exact) mass is 769 g/mol. The van der Waals surface area contributed by atoms with Crippen LogP contribution in [0.25, 0.3) is 44.4 Å². The zero-order valence-electron chi connectivity index (χ0n) is 26.0. The number of aryl methyl sites for hydroxylation is 2. The number of hydrogen-bond acceptors (Lipinski definition) is 3. The van der Waals surface area contributed by atoms with Gasteiger partial charge in [0.15, 0.2) is 0 Å². The van der Waals surface area contributed by atoms with E-state index in [1.54, 1.807) is 0 Å². The molecule has 226 valence electrons. The molecule has 0 aliphatic heterocycles. The minimum atomic E-state index is 0. The summed E-state index contributed by atoms with van der Waals surface area (Å²) < 4.78 is 10.5. The summed E-state index contributed by atoms with van der Waals surface area (Å²) in [5.41, 5.74) is 9.66. The van der Waals surface area contributed by atoms with Crippen LogP contribution >= 0.6 is 0 Å². The van der Waals surface area contributed by atoms with Gasteiger partial charge in [-0.1, -0.05) is 61.8 Å². The minimum Gasteiger partial charge on any atom is -0.509 e. The maximum Gasteiger partial charge on any atom is 2.00 e. The van der Waals surface area contributed by atoms with E-state index >= 15 is 0 Å². The molecule has 6 heteroatoms. The van der Waals surface area contributed by atoms with Crippen molar-refractivity contribution in [3.63, 3.8) is 0 Å². The van der Waals surface area contributed by atoms with Crippen LogP contribution in [0.2, 0.25) is 0 Å². The number of ether oxygens (including phenoxy) is 1. The average molecular weight is 770 g/mol. The molecule has 4 aromatic carbocycles. The first-order chi connectivity index (χ1) is 21.4. The summed E-state index contributed by atoms with van der Waals surface area (Å²) in [5, 5.41) is 7.17. The number of rotatable bonds is 7. The van der Waals surface area contributed by atoms with E-state index in [1.807, 2.05) is 54.2 Å². The van der Waals surface area contributed by atoms with E-state index in [9.17, 15) is 0 Å². The van der Waals surface area contributed by atoms with Crippen LogP contribution < -0.4 is 4.74 Å². The number of aromatic nitrogens is 4. The van der Waals surface area contributed by atoms with E-state index in [4.69, 9.17) is 14.8 Å². The van der Waals surface area contributed by atoms with E-state index in [1.165, 1.54) is 10.9 Å². The normalized spacial score (nSPS) is 11.9. The van der Waals surface area contributed by atoms with Crippen molar-refractivity contribution in [3.05, 3.63) is 132 Å². The van der Waals surface area contributed by atoms with Crippen LogP contribution in [0.15, 0.2) is 97.2 Å². The number of pyridine rings is 1. The molecule has 0 saturated carbocycles.